The monoisotopic (exact) mass is 283 g/mol. The number of nitrogens with one attached hydrogen (secondary N) is 1. The fraction of sp³-hybridized carbons (Fsp3) is 0.412. The molecule has 1 N–H and O–H groups in total. The molecule has 0 radical (unpaired) electrons. The maximum atomic E-state index is 11.5. The highest BCUT2D eigenvalue weighted by Gasteiger charge is 2.19. The minimum atomic E-state index is 0.0170. The highest BCUT2D eigenvalue weighted by Crippen LogP contribution is 2.22. The number of hydrogen-bond donors (Lipinski definition) is 1. The number of Topliss-reactive ketones (excluding diaryl/α,β-unsaturated/α-hetero) is 1. The predicted octanol–water partition coefficient (Wildman–Crippen LogP) is 2.82. The van der Waals surface area contributed by atoms with Gasteiger partial charge in [0.25, 0.3) is 0 Å². The molecular formula is C17H21N3O. The van der Waals surface area contributed by atoms with E-state index < -0.39 is 0 Å². The van der Waals surface area contributed by atoms with E-state index in [9.17, 15) is 10.1 Å². The van der Waals surface area contributed by atoms with E-state index in [1.165, 1.54) is 0 Å². The number of nitriles is 1. The third-order valence-electron chi connectivity index (χ3n) is 3.88. The summed E-state index contributed by atoms with van der Waals surface area (Å²) in [6.45, 7) is 8.28. The Bertz CT molecular complexity index is 566. The molecular weight excluding hydrogens is 262 g/mol. The summed E-state index contributed by atoms with van der Waals surface area (Å²) in [4.78, 5) is 13.8. The van der Waals surface area contributed by atoms with Gasteiger partial charge in [0.1, 0.15) is 6.07 Å². The van der Waals surface area contributed by atoms with Crippen LogP contribution in [0.1, 0.15) is 35.7 Å². The smallest absolute Gasteiger partial charge is 0.159 e. The Hall–Kier alpha value is -2.12. The van der Waals surface area contributed by atoms with E-state index in [2.05, 4.69) is 22.9 Å². The predicted molar refractivity (Wildman–Crippen MR) is 84.4 cm³/mol. The largest absolute Gasteiger partial charge is 0.381 e. The summed E-state index contributed by atoms with van der Waals surface area (Å²) in [6, 6.07) is 7.74. The molecule has 0 bridgehead atoms. The van der Waals surface area contributed by atoms with Crippen LogP contribution in [-0.4, -0.2) is 36.4 Å². The lowest BCUT2D eigenvalue weighted by Gasteiger charge is -2.32. The second-order valence-corrected chi connectivity index (χ2v) is 5.44. The van der Waals surface area contributed by atoms with Crippen molar-refractivity contribution in [3.8, 4) is 6.07 Å². The molecule has 1 aliphatic heterocycles. The number of nitrogens with zero attached hydrogens (tertiary/aromatic N) is 2. The van der Waals surface area contributed by atoms with Gasteiger partial charge >= 0.3 is 0 Å². The van der Waals surface area contributed by atoms with E-state index >= 15 is 0 Å². The van der Waals surface area contributed by atoms with Crippen molar-refractivity contribution >= 4 is 11.5 Å². The van der Waals surface area contributed by atoms with Crippen LogP contribution in [0.3, 0.4) is 0 Å². The molecule has 1 heterocycles. The van der Waals surface area contributed by atoms with Gasteiger partial charge in [0.05, 0.1) is 11.3 Å². The zero-order chi connectivity index (χ0) is 15.2. The first-order valence-electron chi connectivity index (χ1n) is 7.29. The molecule has 2 rings (SSSR count). The maximum Gasteiger partial charge on any atom is 0.159 e. The molecule has 0 amide bonds. The first-order valence-corrected chi connectivity index (χ1v) is 7.29. The molecule has 4 heteroatoms. The fourth-order valence-electron chi connectivity index (χ4n) is 2.64. The third kappa shape index (κ3) is 3.93. The van der Waals surface area contributed by atoms with E-state index in [1.54, 1.807) is 25.1 Å². The topological polar surface area (TPSA) is 56.1 Å². The number of piperidine rings is 1. The van der Waals surface area contributed by atoms with Crippen molar-refractivity contribution in [3.05, 3.63) is 42.0 Å². The number of carbonyl (C=O) groups is 1. The van der Waals surface area contributed by atoms with Gasteiger partial charge in [-0.15, -0.1) is 6.58 Å². The molecule has 1 aromatic carbocycles. The molecule has 1 aromatic rings. The van der Waals surface area contributed by atoms with Gasteiger partial charge < -0.3 is 5.32 Å². The second-order valence-electron chi connectivity index (χ2n) is 5.44. The summed E-state index contributed by atoms with van der Waals surface area (Å²) in [5, 5.41) is 12.6. The van der Waals surface area contributed by atoms with Gasteiger partial charge in [0.2, 0.25) is 0 Å². The standard InChI is InChI=1S/C17H21N3O/c1-3-8-20-9-6-16(7-10-20)19-17-11-14(13(2)21)4-5-15(17)12-18/h3-5,11,16,19H,1,6-10H2,2H3. The zero-order valence-electron chi connectivity index (χ0n) is 12.4. The van der Waals surface area contributed by atoms with Crippen LogP contribution in [0, 0.1) is 11.3 Å². The highest BCUT2D eigenvalue weighted by atomic mass is 16.1. The van der Waals surface area contributed by atoms with Crippen molar-refractivity contribution in [2.45, 2.75) is 25.8 Å². The van der Waals surface area contributed by atoms with Gasteiger partial charge in [-0.1, -0.05) is 6.08 Å². The van der Waals surface area contributed by atoms with Crippen molar-refractivity contribution in [1.82, 2.24) is 4.90 Å². The van der Waals surface area contributed by atoms with Gasteiger partial charge in [-0.25, -0.2) is 0 Å². The number of anilines is 1. The lowest BCUT2D eigenvalue weighted by atomic mass is 10.0. The van der Waals surface area contributed by atoms with Crippen LogP contribution in [0.5, 0.6) is 0 Å². The molecule has 0 spiro atoms. The molecule has 0 unspecified atom stereocenters. The van der Waals surface area contributed by atoms with Gasteiger partial charge in [-0.05, 0) is 38.0 Å². The van der Waals surface area contributed by atoms with Crippen molar-refractivity contribution in [1.29, 1.82) is 5.26 Å². The number of hydrogen-bond acceptors (Lipinski definition) is 4. The SMILES string of the molecule is C=CCN1CCC(Nc2cc(C(C)=O)ccc2C#N)CC1. The van der Waals surface area contributed by atoms with Crippen LogP contribution in [0.25, 0.3) is 0 Å². The Labute approximate surface area is 126 Å². The lowest BCUT2D eigenvalue weighted by Crippen LogP contribution is -2.39. The van der Waals surface area contributed by atoms with Crippen LogP contribution in [-0.2, 0) is 0 Å². The van der Waals surface area contributed by atoms with Gasteiger partial charge in [-0.2, -0.15) is 5.26 Å². The molecule has 0 aliphatic carbocycles. The fourth-order valence-corrected chi connectivity index (χ4v) is 2.64. The van der Waals surface area contributed by atoms with Crippen LogP contribution in [0.4, 0.5) is 5.69 Å². The molecule has 110 valence electrons. The zero-order valence-corrected chi connectivity index (χ0v) is 12.4. The van der Waals surface area contributed by atoms with Crippen LogP contribution < -0.4 is 5.32 Å². The van der Waals surface area contributed by atoms with E-state index in [4.69, 9.17) is 0 Å². The molecule has 0 aromatic heterocycles. The Morgan fingerprint density at radius 2 is 2.24 bits per heavy atom. The van der Waals surface area contributed by atoms with Crippen molar-refractivity contribution in [2.24, 2.45) is 0 Å². The molecule has 4 nitrogen and oxygen atoms in total. The first-order chi connectivity index (χ1) is 10.1. The average Bonchev–Trinajstić information content (AvgIpc) is 2.49. The Kier molecular flexibility index (Phi) is 5.13. The molecule has 21 heavy (non-hydrogen) atoms. The number of likely N-dealkylation sites (tertiary alicyclic amines) is 1. The first kappa shape index (κ1) is 15.3. The highest BCUT2D eigenvalue weighted by molar-refractivity contribution is 5.95. The van der Waals surface area contributed by atoms with E-state index in [0.717, 1.165) is 38.2 Å². The Morgan fingerprint density at radius 3 is 2.81 bits per heavy atom. The molecule has 0 atom stereocenters. The summed E-state index contributed by atoms with van der Waals surface area (Å²) in [5.41, 5.74) is 2.00. The van der Waals surface area contributed by atoms with Crippen LogP contribution in [0.2, 0.25) is 0 Å². The summed E-state index contributed by atoms with van der Waals surface area (Å²) < 4.78 is 0. The number of carbonyl (C=O) groups excluding carboxylic acids is 1. The van der Waals surface area contributed by atoms with E-state index in [1.807, 2.05) is 6.08 Å². The number of ketones is 1. The number of benzene rings is 1. The van der Waals surface area contributed by atoms with Crippen LogP contribution >= 0.6 is 0 Å². The molecule has 1 fully saturated rings. The summed E-state index contributed by atoms with van der Waals surface area (Å²) >= 11 is 0. The Balaban J connectivity index is 2.06. The van der Waals surface area contributed by atoms with Crippen molar-refractivity contribution in [2.75, 3.05) is 25.0 Å². The van der Waals surface area contributed by atoms with E-state index in [0.29, 0.717) is 17.2 Å². The molecule has 1 aliphatic rings. The van der Waals surface area contributed by atoms with Gasteiger partial charge in [-0.3, -0.25) is 9.69 Å². The normalized spacial score (nSPS) is 16.2. The van der Waals surface area contributed by atoms with Gasteiger partial charge in [0, 0.05) is 31.2 Å². The maximum absolute atomic E-state index is 11.5. The number of rotatable bonds is 5. The van der Waals surface area contributed by atoms with E-state index in [-0.39, 0.29) is 5.78 Å². The average molecular weight is 283 g/mol. The van der Waals surface area contributed by atoms with Crippen LogP contribution in [0.15, 0.2) is 30.9 Å². The second kappa shape index (κ2) is 7.05. The lowest BCUT2D eigenvalue weighted by molar-refractivity contribution is 0.101. The third-order valence-corrected chi connectivity index (χ3v) is 3.88. The minimum Gasteiger partial charge on any atom is -0.381 e. The summed E-state index contributed by atoms with van der Waals surface area (Å²) in [7, 11) is 0. The summed E-state index contributed by atoms with van der Waals surface area (Å²) in [5.74, 6) is 0.0170. The van der Waals surface area contributed by atoms with Gasteiger partial charge in [0.15, 0.2) is 5.78 Å². The molecule has 0 saturated carbocycles. The van der Waals surface area contributed by atoms with Crippen molar-refractivity contribution < 1.29 is 4.79 Å². The molecule has 1 saturated heterocycles. The minimum absolute atomic E-state index is 0.0170. The Morgan fingerprint density at radius 1 is 1.52 bits per heavy atom. The van der Waals surface area contributed by atoms with Crippen molar-refractivity contribution in [3.63, 3.8) is 0 Å². The summed E-state index contributed by atoms with van der Waals surface area (Å²) in [6.07, 6.45) is 3.99. The quantitative estimate of drug-likeness (QED) is 0.667.